The SMILES string of the molecule is COC(=O)C1=C(CN2CCN3C(=O)N(c4ccc(C(C)=O)cc4)C[C@@H]3C2)NC(c2nccs2)=NC1c1ccc(F)cc1Cl. The van der Waals surface area contributed by atoms with Crippen LogP contribution in [0.3, 0.4) is 0 Å². The van der Waals surface area contributed by atoms with Crippen LogP contribution in [0.2, 0.25) is 5.02 Å². The first kappa shape index (κ1) is 29.0. The molecule has 0 saturated carbocycles. The number of hydrogen-bond donors (Lipinski definition) is 1. The number of carbonyl (C=O) groups excluding carboxylic acids is 3. The molecule has 4 heterocycles. The molecule has 2 atom stereocenters. The second-order valence-electron chi connectivity index (χ2n) is 10.5. The highest BCUT2D eigenvalue weighted by Gasteiger charge is 2.42. The minimum absolute atomic E-state index is 0.0312. The molecule has 1 unspecified atom stereocenters. The Morgan fingerprint density at radius 2 is 1.95 bits per heavy atom. The third kappa shape index (κ3) is 5.65. The average Bonchev–Trinajstić information content (AvgIpc) is 3.65. The minimum atomic E-state index is -0.849. The number of amidine groups is 1. The van der Waals surface area contributed by atoms with Crippen molar-refractivity contribution in [3.63, 3.8) is 0 Å². The van der Waals surface area contributed by atoms with E-state index in [0.717, 1.165) is 5.69 Å². The number of nitrogens with one attached hydrogen (secondary N) is 1. The summed E-state index contributed by atoms with van der Waals surface area (Å²) in [5.74, 6) is -0.637. The van der Waals surface area contributed by atoms with E-state index in [0.29, 0.717) is 60.4 Å². The highest BCUT2D eigenvalue weighted by Crippen LogP contribution is 2.37. The molecule has 6 rings (SSSR count). The fraction of sp³-hybridized carbons (Fsp3) is 0.300. The standard InChI is InChI=1S/C30H28ClFN6O4S/c1-17(39)18-3-6-20(7-4-18)38-15-21-14-36(10-11-37(21)30(38)41)16-24-25(29(40)42-2)26(22-8-5-19(32)13-23(22)31)35-27(34-24)28-33-9-12-43-28/h3-9,12-13,21,26H,10-11,14-16H2,1-2H3,(H,34,35)/t21-,26?/m0/s1. The van der Waals surface area contributed by atoms with Gasteiger partial charge in [-0.25, -0.2) is 19.0 Å². The van der Waals surface area contributed by atoms with Gasteiger partial charge in [0.25, 0.3) is 0 Å². The summed E-state index contributed by atoms with van der Waals surface area (Å²) in [6, 6.07) is 10.1. The number of fused-ring (bicyclic) bond motifs is 1. The lowest BCUT2D eigenvalue weighted by Gasteiger charge is -2.38. The van der Waals surface area contributed by atoms with Gasteiger partial charge < -0.3 is 15.0 Å². The van der Waals surface area contributed by atoms with Crippen molar-refractivity contribution in [2.75, 3.05) is 44.7 Å². The number of urea groups is 1. The monoisotopic (exact) mass is 622 g/mol. The molecule has 43 heavy (non-hydrogen) atoms. The van der Waals surface area contributed by atoms with Gasteiger partial charge in [-0.1, -0.05) is 17.7 Å². The number of halogens is 2. The topological polar surface area (TPSA) is 107 Å². The first-order chi connectivity index (χ1) is 20.7. The number of methoxy groups -OCH3 is 1. The van der Waals surface area contributed by atoms with E-state index in [1.165, 1.54) is 43.6 Å². The van der Waals surface area contributed by atoms with E-state index < -0.39 is 17.8 Å². The number of aliphatic imine (C=N–C) groups is 1. The molecular formula is C30H28ClFN6O4S. The molecule has 2 fully saturated rings. The molecule has 2 saturated heterocycles. The maximum absolute atomic E-state index is 13.9. The first-order valence-corrected chi connectivity index (χ1v) is 14.9. The van der Waals surface area contributed by atoms with Gasteiger partial charge in [0.2, 0.25) is 0 Å². The van der Waals surface area contributed by atoms with Crippen LogP contribution in [-0.2, 0) is 9.53 Å². The van der Waals surface area contributed by atoms with E-state index in [4.69, 9.17) is 21.3 Å². The van der Waals surface area contributed by atoms with Crippen LogP contribution in [0.1, 0.15) is 33.9 Å². The van der Waals surface area contributed by atoms with E-state index in [9.17, 15) is 18.8 Å². The molecule has 10 nitrogen and oxygen atoms in total. The normalized spacial score (nSPS) is 20.6. The van der Waals surface area contributed by atoms with Crippen LogP contribution in [0.4, 0.5) is 14.9 Å². The van der Waals surface area contributed by atoms with Gasteiger partial charge in [-0.15, -0.1) is 11.3 Å². The summed E-state index contributed by atoms with van der Waals surface area (Å²) in [5, 5.41) is 5.91. The number of benzene rings is 2. The van der Waals surface area contributed by atoms with E-state index in [1.807, 2.05) is 10.3 Å². The zero-order valence-electron chi connectivity index (χ0n) is 23.4. The zero-order valence-corrected chi connectivity index (χ0v) is 25.0. The number of nitrogens with zero attached hydrogens (tertiary/aromatic N) is 5. The third-order valence-electron chi connectivity index (χ3n) is 7.83. The number of esters is 1. The number of anilines is 1. The molecule has 0 radical (unpaired) electrons. The number of carbonyl (C=O) groups is 3. The lowest BCUT2D eigenvalue weighted by molar-refractivity contribution is -0.136. The van der Waals surface area contributed by atoms with E-state index >= 15 is 0 Å². The highest BCUT2D eigenvalue weighted by molar-refractivity contribution is 7.11. The second-order valence-corrected chi connectivity index (χ2v) is 11.8. The Labute approximate surface area is 256 Å². The Kier molecular flexibility index (Phi) is 7.99. The van der Waals surface area contributed by atoms with Crippen molar-refractivity contribution >= 4 is 52.2 Å². The quantitative estimate of drug-likeness (QED) is 0.310. The van der Waals surface area contributed by atoms with Gasteiger partial charge in [0.15, 0.2) is 16.6 Å². The fourth-order valence-corrected chi connectivity index (χ4v) is 6.56. The lowest BCUT2D eigenvalue weighted by atomic mass is 9.95. The Morgan fingerprint density at radius 1 is 1.16 bits per heavy atom. The highest BCUT2D eigenvalue weighted by atomic mass is 35.5. The second kappa shape index (κ2) is 11.9. The Morgan fingerprint density at radius 3 is 2.63 bits per heavy atom. The van der Waals surface area contributed by atoms with Gasteiger partial charge in [0, 0.05) is 71.8 Å². The number of ether oxygens (including phenoxy) is 1. The van der Waals surface area contributed by atoms with Gasteiger partial charge in [-0.05, 0) is 43.3 Å². The smallest absolute Gasteiger partial charge is 0.338 e. The molecular weight excluding hydrogens is 595 g/mol. The van der Waals surface area contributed by atoms with Crippen LogP contribution in [0.5, 0.6) is 0 Å². The van der Waals surface area contributed by atoms with Crippen molar-refractivity contribution in [2.45, 2.75) is 19.0 Å². The summed E-state index contributed by atoms with van der Waals surface area (Å²) in [7, 11) is 1.30. The molecule has 3 aromatic rings. The maximum Gasteiger partial charge on any atom is 0.338 e. The van der Waals surface area contributed by atoms with Crippen LogP contribution in [0, 0.1) is 5.82 Å². The number of amides is 2. The van der Waals surface area contributed by atoms with Gasteiger partial charge in [-0.2, -0.15) is 0 Å². The molecule has 0 aliphatic carbocycles. The molecule has 2 amide bonds. The van der Waals surface area contributed by atoms with Crippen molar-refractivity contribution < 1.29 is 23.5 Å². The molecule has 13 heteroatoms. The van der Waals surface area contributed by atoms with E-state index in [-0.39, 0.29) is 28.5 Å². The number of hydrogen-bond acceptors (Lipinski definition) is 9. The zero-order chi connectivity index (χ0) is 30.2. The Hall–Kier alpha value is -4.13. The number of thiazole rings is 1. The maximum atomic E-state index is 13.9. The minimum Gasteiger partial charge on any atom is -0.466 e. The summed E-state index contributed by atoms with van der Waals surface area (Å²) >= 11 is 7.86. The summed E-state index contributed by atoms with van der Waals surface area (Å²) in [6.07, 6.45) is 1.67. The van der Waals surface area contributed by atoms with Gasteiger partial charge in [-0.3, -0.25) is 19.6 Å². The average molecular weight is 623 g/mol. The molecule has 3 aliphatic rings. The molecule has 2 aromatic carbocycles. The molecule has 0 bridgehead atoms. The van der Waals surface area contributed by atoms with Crippen LogP contribution >= 0.6 is 22.9 Å². The number of piperazine rings is 1. The molecule has 0 spiro atoms. The van der Waals surface area contributed by atoms with Crippen molar-refractivity contribution in [2.24, 2.45) is 4.99 Å². The van der Waals surface area contributed by atoms with Crippen LogP contribution < -0.4 is 10.2 Å². The van der Waals surface area contributed by atoms with Crippen molar-refractivity contribution in [1.29, 1.82) is 0 Å². The summed E-state index contributed by atoms with van der Waals surface area (Å²) in [6.45, 7) is 3.99. The largest absolute Gasteiger partial charge is 0.466 e. The number of aromatic nitrogens is 1. The number of rotatable bonds is 7. The van der Waals surface area contributed by atoms with Crippen LogP contribution in [0.25, 0.3) is 0 Å². The fourth-order valence-electron chi connectivity index (χ4n) is 5.70. The molecule has 3 aliphatic heterocycles. The molecule has 1 N–H and O–H groups in total. The van der Waals surface area contributed by atoms with Gasteiger partial charge >= 0.3 is 12.0 Å². The summed E-state index contributed by atoms with van der Waals surface area (Å²) in [4.78, 5) is 53.2. The summed E-state index contributed by atoms with van der Waals surface area (Å²) < 4.78 is 19.1. The Balaban J connectivity index is 1.28. The predicted molar refractivity (Wildman–Crippen MR) is 161 cm³/mol. The lowest BCUT2D eigenvalue weighted by Crippen LogP contribution is -2.53. The third-order valence-corrected chi connectivity index (χ3v) is 8.93. The van der Waals surface area contributed by atoms with Crippen LogP contribution in [-0.4, -0.2) is 84.3 Å². The van der Waals surface area contributed by atoms with Crippen molar-refractivity contribution in [1.82, 2.24) is 20.1 Å². The van der Waals surface area contributed by atoms with Gasteiger partial charge in [0.1, 0.15) is 11.9 Å². The number of ketones is 1. The van der Waals surface area contributed by atoms with Gasteiger partial charge in [0.05, 0.1) is 18.7 Å². The van der Waals surface area contributed by atoms with Crippen molar-refractivity contribution in [3.8, 4) is 0 Å². The Bertz CT molecular complexity index is 1640. The predicted octanol–water partition coefficient (Wildman–Crippen LogP) is 4.28. The van der Waals surface area contributed by atoms with Crippen molar-refractivity contribution in [3.05, 3.63) is 92.3 Å². The van der Waals surface area contributed by atoms with E-state index in [2.05, 4.69) is 15.2 Å². The molecule has 1 aromatic heterocycles. The first-order valence-electron chi connectivity index (χ1n) is 13.7. The summed E-state index contributed by atoms with van der Waals surface area (Å²) in [5.41, 5.74) is 2.65. The van der Waals surface area contributed by atoms with Crippen LogP contribution in [0.15, 0.2) is 70.3 Å². The molecule has 222 valence electrons. The van der Waals surface area contributed by atoms with E-state index in [1.54, 1.807) is 35.4 Å². The number of Topliss-reactive ketones (excluding diaryl/α,β-unsaturated/α-hetero) is 1.